The summed E-state index contributed by atoms with van der Waals surface area (Å²) in [5.74, 6) is -0.0801. The summed E-state index contributed by atoms with van der Waals surface area (Å²) >= 11 is 0. The standard InChI is InChI=1S/C18H24N4O3S/c1-3-21(4-2)26(24,25)22-13-11-20(12-14-22)18(23)16-7-5-9-17-15(16)8-6-10-19-17/h5-10H,3-4,11-14H2,1-2H3. The van der Waals surface area contributed by atoms with Gasteiger partial charge in [0.1, 0.15) is 0 Å². The Kier molecular flexibility index (Phi) is 5.55. The molecule has 7 nitrogen and oxygen atoms in total. The van der Waals surface area contributed by atoms with Crippen LogP contribution in [-0.2, 0) is 10.2 Å². The van der Waals surface area contributed by atoms with E-state index in [2.05, 4.69) is 4.98 Å². The van der Waals surface area contributed by atoms with Gasteiger partial charge in [-0.15, -0.1) is 0 Å². The first-order chi connectivity index (χ1) is 12.5. The smallest absolute Gasteiger partial charge is 0.282 e. The van der Waals surface area contributed by atoms with E-state index in [0.29, 0.717) is 44.8 Å². The number of hydrogen-bond donors (Lipinski definition) is 0. The highest BCUT2D eigenvalue weighted by atomic mass is 32.2. The van der Waals surface area contributed by atoms with E-state index in [1.54, 1.807) is 17.2 Å². The van der Waals surface area contributed by atoms with E-state index in [1.807, 2.05) is 38.1 Å². The molecule has 1 saturated heterocycles. The monoisotopic (exact) mass is 376 g/mol. The zero-order valence-corrected chi connectivity index (χ0v) is 15.9. The molecule has 0 N–H and O–H groups in total. The second kappa shape index (κ2) is 7.69. The lowest BCUT2D eigenvalue weighted by Gasteiger charge is -2.36. The van der Waals surface area contributed by atoms with Crippen LogP contribution in [-0.4, -0.2) is 72.1 Å². The van der Waals surface area contributed by atoms with E-state index in [-0.39, 0.29) is 5.91 Å². The first-order valence-corrected chi connectivity index (χ1v) is 10.3. The van der Waals surface area contributed by atoms with Crippen LogP contribution < -0.4 is 0 Å². The number of hydrogen-bond acceptors (Lipinski definition) is 4. The van der Waals surface area contributed by atoms with Crippen molar-refractivity contribution in [2.75, 3.05) is 39.3 Å². The molecule has 1 amide bonds. The average molecular weight is 376 g/mol. The second-order valence-corrected chi connectivity index (χ2v) is 8.09. The Morgan fingerprint density at radius 3 is 2.42 bits per heavy atom. The van der Waals surface area contributed by atoms with E-state index in [0.717, 1.165) is 10.9 Å². The molecule has 0 unspecified atom stereocenters. The first kappa shape index (κ1) is 18.8. The van der Waals surface area contributed by atoms with Crippen LogP contribution in [0.4, 0.5) is 0 Å². The van der Waals surface area contributed by atoms with Gasteiger partial charge in [-0.25, -0.2) is 0 Å². The fourth-order valence-corrected chi connectivity index (χ4v) is 4.90. The quantitative estimate of drug-likeness (QED) is 0.794. The number of carbonyl (C=O) groups excluding carboxylic acids is 1. The van der Waals surface area contributed by atoms with Crippen molar-refractivity contribution in [2.24, 2.45) is 0 Å². The maximum absolute atomic E-state index is 12.9. The van der Waals surface area contributed by atoms with Gasteiger partial charge in [0.25, 0.3) is 16.1 Å². The number of piperazine rings is 1. The number of aromatic nitrogens is 1. The normalized spacial score (nSPS) is 16.3. The topological polar surface area (TPSA) is 73.8 Å². The van der Waals surface area contributed by atoms with E-state index < -0.39 is 10.2 Å². The van der Waals surface area contributed by atoms with Gasteiger partial charge in [0.05, 0.1) is 5.52 Å². The molecule has 0 bridgehead atoms. The molecular weight excluding hydrogens is 352 g/mol. The van der Waals surface area contributed by atoms with Gasteiger partial charge >= 0.3 is 0 Å². The minimum Gasteiger partial charge on any atom is -0.336 e. The molecule has 0 aliphatic carbocycles. The zero-order chi connectivity index (χ0) is 18.7. The highest BCUT2D eigenvalue weighted by molar-refractivity contribution is 7.86. The summed E-state index contributed by atoms with van der Waals surface area (Å²) in [5, 5.41) is 0.818. The van der Waals surface area contributed by atoms with Crippen molar-refractivity contribution in [2.45, 2.75) is 13.8 Å². The van der Waals surface area contributed by atoms with Crippen LogP contribution in [0.5, 0.6) is 0 Å². The average Bonchev–Trinajstić information content (AvgIpc) is 2.68. The number of benzene rings is 1. The minimum absolute atomic E-state index is 0.0801. The van der Waals surface area contributed by atoms with Crippen molar-refractivity contribution in [3.8, 4) is 0 Å². The molecule has 0 atom stereocenters. The Morgan fingerprint density at radius 1 is 1.08 bits per heavy atom. The maximum Gasteiger partial charge on any atom is 0.282 e. The summed E-state index contributed by atoms with van der Waals surface area (Å²) in [4.78, 5) is 18.9. The van der Waals surface area contributed by atoms with Gasteiger partial charge in [0.15, 0.2) is 0 Å². The SMILES string of the molecule is CCN(CC)S(=O)(=O)N1CCN(C(=O)c2cccc3ncccc23)CC1. The van der Waals surface area contributed by atoms with Crippen molar-refractivity contribution in [1.29, 1.82) is 0 Å². The lowest BCUT2D eigenvalue weighted by molar-refractivity contribution is 0.0696. The van der Waals surface area contributed by atoms with Crippen LogP contribution >= 0.6 is 0 Å². The molecule has 1 aliphatic heterocycles. The van der Waals surface area contributed by atoms with Crippen LogP contribution in [0.1, 0.15) is 24.2 Å². The van der Waals surface area contributed by atoms with E-state index >= 15 is 0 Å². The Bertz CT molecular complexity index is 883. The van der Waals surface area contributed by atoms with Gasteiger partial charge in [-0.1, -0.05) is 26.0 Å². The minimum atomic E-state index is -3.45. The second-order valence-electron chi connectivity index (χ2n) is 6.16. The molecule has 0 saturated carbocycles. The molecule has 2 aromatic rings. The number of amides is 1. The molecule has 2 heterocycles. The molecule has 8 heteroatoms. The molecule has 140 valence electrons. The van der Waals surface area contributed by atoms with Gasteiger partial charge in [-0.05, 0) is 18.2 Å². The van der Waals surface area contributed by atoms with Crippen molar-refractivity contribution in [1.82, 2.24) is 18.5 Å². The van der Waals surface area contributed by atoms with Crippen molar-refractivity contribution in [3.63, 3.8) is 0 Å². The van der Waals surface area contributed by atoms with Crippen LogP contribution in [0, 0.1) is 0 Å². The van der Waals surface area contributed by atoms with Crippen molar-refractivity contribution >= 4 is 27.0 Å². The molecular formula is C18H24N4O3S. The predicted octanol–water partition coefficient (Wildman–Crippen LogP) is 1.58. The molecule has 1 aromatic carbocycles. The van der Waals surface area contributed by atoms with Gasteiger partial charge in [-0.3, -0.25) is 9.78 Å². The number of fused-ring (bicyclic) bond motifs is 1. The van der Waals surface area contributed by atoms with Gasteiger partial charge in [0, 0.05) is 56.4 Å². The number of pyridine rings is 1. The third-order valence-electron chi connectivity index (χ3n) is 4.76. The number of nitrogens with zero attached hydrogens (tertiary/aromatic N) is 4. The Balaban J connectivity index is 1.75. The van der Waals surface area contributed by atoms with E-state index in [1.165, 1.54) is 8.61 Å². The highest BCUT2D eigenvalue weighted by Gasteiger charge is 2.32. The lowest BCUT2D eigenvalue weighted by Crippen LogP contribution is -2.54. The Labute approximate surface area is 154 Å². The summed E-state index contributed by atoms with van der Waals surface area (Å²) in [6.45, 7) is 5.94. The summed E-state index contributed by atoms with van der Waals surface area (Å²) in [6, 6.07) is 9.19. The summed E-state index contributed by atoms with van der Waals surface area (Å²) in [7, 11) is -3.45. The molecule has 1 fully saturated rings. The molecule has 26 heavy (non-hydrogen) atoms. The third kappa shape index (κ3) is 3.44. The Hall–Kier alpha value is -2.03. The van der Waals surface area contributed by atoms with Crippen molar-refractivity contribution in [3.05, 3.63) is 42.1 Å². The van der Waals surface area contributed by atoms with E-state index in [4.69, 9.17) is 0 Å². The number of rotatable bonds is 5. The first-order valence-electron chi connectivity index (χ1n) is 8.87. The summed E-state index contributed by atoms with van der Waals surface area (Å²) < 4.78 is 28.1. The fourth-order valence-electron chi connectivity index (χ4n) is 3.30. The highest BCUT2D eigenvalue weighted by Crippen LogP contribution is 2.20. The zero-order valence-electron chi connectivity index (χ0n) is 15.1. The van der Waals surface area contributed by atoms with Crippen LogP contribution in [0.15, 0.2) is 36.5 Å². The lowest BCUT2D eigenvalue weighted by atomic mass is 10.1. The fraction of sp³-hybridized carbons (Fsp3) is 0.444. The van der Waals surface area contributed by atoms with Gasteiger partial charge in [-0.2, -0.15) is 17.0 Å². The van der Waals surface area contributed by atoms with Gasteiger partial charge in [0.2, 0.25) is 0 Å². The predicted molar refractivity (Wildman–Crippen MR) is 101 cm³/mol. The van der Waals surface area contributed by atoms with Crippen LogP contribution in [0.3, 0.4) is 0 Å². The van der Waals surface area contributed by atoms with Gasteiger partial charge < -0.3 is 4.90 Å². The summed E-state index contributed by atoms with van der Waals surface area (Å²) in [6.07, 6.45) is 1.70. The van der Waals surface area contributed by atoms with Crippen LogP contribution in [0.2, 0.25) is 0 Å². The number of carbonyl (C=O) groups is 1. The molecule has 1 aromatic heterocycles. The summed E-state index contributed by atoms with van der Waals surface area (Å²) in [5.41, 5.74) is 1.39. The third-order valence-corrected chi connectivity index (χ3v) is 6.95. The van der Waals surface area contributed by atoms with Crippen molar-refractivity contribution < 1.29 is 13.2 Å². The molecule has 0 radical (unpaired) electrons. The van der Waals surface area contributed by atoms with E-state index in [9.17, 15) is 13.2 Å². The van der Waals surface area contributed by atoms with Crippen LogP contribution in [0.25, 0.3) is 10.9 Å². The molecule has 3 rings (SSSR count). The largest absolute Gasteiger partial charge is 0.336 e. The molecule has 0 spiro atoms. The molecule has 1 aliphatic rings. The Morgan fingerprint density at radius 2 is 1.77 bits per heavy atom. The maximum atomic E-state index is 12.9.